The number of ether oxygens (including phenoxy) is 3. The van der Waals surface area contributed by atoms with Crippen molar-refractivity contribution < 1.29 is 28.7 Å². The second kappa shape index (κ2) is 13.5. The van der Waals surface area contributed by atoms with Crippen LogP contribution in [0.5, 0.6) is 5.75 Å². The van der Waals surface area contributed by atoms with E-state index in [1.165, 1.54) is 30.9 Å². The van der Waals surface area contributed by atoms with Crippen molar-refractivity contribution in [1.29, 1.82) is 0 Å². The summed E-state index contributed by atoms with van der Waals surface area (Å²) in [4.78, 5) is 39.5. The molecule has 0 spiro atoms. The minimum Gasteiger partial charge on any atom is -0.497 e. The van der Waals surface area contributed by atoms with E-state index in [2.05, 4.69) is 22.3 Å². The number of likely N-dealkylation sites (tertiary alicyclic amines) is 1. The molecule has 0 aromatic heterocycles. The van der Waals surface area contributed by atoms with Gasteiger partial charge in [0.15, 0.2) is 0 Å². The molecule has 0 bridgehead atoms. The molecule has 0 aliphatic carbocycles. The summed E-state index contributed by atoms with van der Waals surface area (Å²) in [7, 11) is 2.93. The van der Waals surface area contributed by atoms with Gasteiger partial charge in [0, 0.05) is 30.1 Å². The fourth-order valence-electron chi connectivity index (χ4n) is 5.65. The highest BCUT2D eigenvalue weighted by Gasteiger charge is 2.38. The van der Waals surface area contributed by atoms with Crippen molar-refractivity contribution in [3.05, 3.63) is 92.3 Å². The quantitative estimate of drug-likeness (QED) is 0.253. The van der Waals surface area contributed by atoms with Crippen molar-refractivity contribution in [3.63, 3.8) is 0 Å². The molecule has 10 nitrogen and oxygen atoms in total. The van der Waals surface area contributed by atoms with E-state index in [9.17, 15) is 19.7 Å². The average Bonchev–Trinajstić information content (AvgIpc) is 2.97. The normalized spacial score (nSPS) is 18.1. The summed E-state index contributed by atoms with van der Waals surface area (Å²) in [6, 6.07) is 14.2. The zero-order valence-corrected chi connectivity index (χ0v) is 24.0. The second-order valence-corrected chi connectivity index (χ2v) is 10.5. The number of nitro benzene ring substituents is 1. The van der Waals surface area contributed by atoms with Gasteiger partial charge in [0.1, 0.15) is 12.4 Å². The molecule has 1 unspecified atom stereocenters. The van der Waals surface area contributed by atoms with E-state index in [0.29, 0.717) is 29.4 Å². The number of esters is 2. The molecule has 2 aromatic rings. The highest BCUT2D eigenvalue weighted by molar-refractivity contribution is 5.99. The lowest BCUT2D eigenvalue weighted by atomic mass is 9.80. The van der Waals surface area contributed by atoms with E-state index in [-0.39, 0.29) is 23.4 Å². The van der Waals surface area contributed by atoms with Crippen LogP contribution in [0.2, 0.25) is 0 Å². The highest BCUT2D eigenvalue weighted by atomic mass is 16.6. The molecule has 218 valence electrons. The van der Waals surface area contributed by atoms with Crippen molar-refractivity contribution >= 4 is 17.6 Å². The Kier molecular flexibility index (Phi) is 9.78. The second-order valence-electron chi connectivity index (χ2n) is 10.5. The first kappa shape index (κ1) is 29.8. The van der Waals surface area contributed by atoms with Crippen molar-refractivity contribution in [3.8, 4) is 5.75 Å². The van der Waals surface area contributed by atoms with Crippen LogP contribution in [0, 0.1) is 16.0 Å². The molecule has 0 radical (unpaired) electrons. The number of nitrogens with zero attached hydrogens (tertiary/aromatic N) is 2. The largest absolute Gasteiger partial charge is 0.497 e. The van der Waals surface area contributed by atoms with Gasteiger partial charge < -0.3 is 19.5 Å². The number of rotatable bonds is 10. The SMILES string of the molecule is COC(=O)C1=C(C)NC(C)=C(C(=O)OCCN2CCC(Cc3ccc(OC)cc3)CC2)C1c1cccc([N+](=O)[O-])c1. The number of carbonyl (C=O) groups is 2. The molecular weight excluding hydrogens is 526 g/mol. The number of allylic oxidation sites excluding steroid dienone is 2. The number of nitrogens with one attached hydrogen (secondary N) is 1. The van der Waals surface area contributed by atoms with Gasteiger partial charge in [0.25, 0.3) is 5.69 Å². The Labute approximate surface area is 240 Å². The molecule has 2 heterocycles. The van der Waals surface area contributed by atoms with E-state index in [1.807, 2.05) is 12.1 Å². The number of non-ortho nitro benzene ring substituents is 1. The van der Waals surface area contributed by atoms with Crippen LogP contribution in [0.4, 0.5) is 5.69 Å². The van der Waals surface area contributed by atoms with Gasteiger partial charge >= 0.3 is 11.9 Å². The Bertz CT molecular complexity index is 1340. The smallest absolute Gasteiger partial charge is 0.336 e. The van der Waals surface area contributed by atoms with Gasteiger partial charge in [-0.1, -0.05) is 24.3 Å². The molecule has 1 atom stereocenters. The number of piperidine rings is 1. The molecule has 1 fully saturated rings. The molecule has 0 saturated carbocycles. The Morgan fingerprint density at radius 3 is 2.27 bits per heavy atom. The summed E-state index contributed by atoms with van der Waals surface area (Å²) < 4.78 is 16.0. The molecular formula is C31H37N3O7. The van der Waals surface area contributed by atoms with Crippen molar-refractivity contribution in [1.82, 2.24) is 10.2 Å². The number of dihydropyridines is 1. The van der Waals surface area contributed by atoms with Gasteiger partial charge in [0.2, 0.25) is 0 Å². The Balaban J connectivity index is 1.39. The molecule has 1 N–H and O–H groups in total. The summed E-state index contributed by atoms with van der Waals surface area (Å²) in [5.41, 5.74) is 3.08. The monoisotopic (exact) mass is 563 g/mol. The maximum Gasteiger partial charge on any atom is 0.336 e. The fourth-order valence-corrected chi connectivity index (χ4v) is 5.65. The van der Waals surface area contributed by atoms with Crippen molar-refractivity contribution in [2.24, 2.45) is 5.92 Å². The molecule has 1 saturated heterocycles. The van der Waals surface area contributed by atoms with Crippen LogP contribution in [0.1, 0.15) is 43.7 Å². The highest BCUT2D eigenvalue weighted by Crippen LogP contribution is 2.40. The maximum atomic E-state index is 13.5. The number of carbonyl (C=O) groups excluding carboxylic acids is 2. The predicted octanol–water partition coefficient (Wildman–Crippen LogP) is 4.51. The van der Waals surface area contributed by atoms with Gasteiger partial charge in [0.05, 0.1) is 36.2 Å². The summed E-state index contributed by atoms with van der Waals surface area (Å²) >= 11 is 0. The summed E-state index contributed by atoms with van der Waals surface area (Å²) in [5, 5.41) is 14.5. The number of methoxy groups -OCH3 is 2. The van der Waals surface area contributed by atoms with Crippen molar-refractivity contribution in [2.45, 2.75) is 39.0 Å². The van der Waals surface area contributed by atoms with Crippen LogP contribution in [0.15, 0.2) is 71.1 Å². The lowest BCUT2D eigenvalue weighted by Crippen LogP contribution is -2.37. The predicted molar refractivity (Wildman–Crippen MR) is 153 cm³/mol. The average molecular weight is 564 g/mol. The molecule has 0 amide bonds. The van der Waals surface area contributed by atoms with Gasteiger partial charge in [-0.3, -0.25) is 15.0 Å². The first-order chi connectivity index (χ1) is 19.7. The van der Waals surface area contributed by atoms with Crippen molar-refractivity contribution in [2.75, 3.05) is 40.5 Å². The molecule has 2 aromatic carbocycles. The molecule has 2 aliphatic rings. The first-order valence-corrected chi connectivity index (χ1v) is 13.8. The Hall–Kier alpha value is -4.18. The third kappa shape index (κ3) is 7.13. The van der Waals surface area contributed by atoms with Gasteiger partial charge in [-0.2, -0.15) is 0 Å². The number of hydrogen-bond acceptors (Lipinski definition) is 9. The van der Waals surface area contributed by atoms with Gasteiger partial charge in [-0.05, 0) is 75.4 Å². The van der Waals surface area contributed by atoms with Crippen LogP contribution in [0.3, 0.4) is 0 Å². The summed E-state index contributed by atoms with van der Waals surface area (Å²) in [6.45, 7) is 6.07. The molecule has 2 aliphatic heterocycles. The number of benzene rings is 2. The van der Waals surface area contributed by atoms with Crippen LogP contribution < -0.4 is 10.1 Å². The molecule has 41 heavy (non-hydrogen) atoms. The van der Waals surface area contributed by atoms with Crippen LogP contribution in [-0.4, -0.2) is 62.2 Å². The van der Waals surface area contributed by atoms with E-state index >= 15 is 0 Å². The molecule has 10 heteroatoms. The number of nitro groups is 1. The maximum absolute atomic E-state index is 13.5. The fraction of sp³-hybridized carbons (Fsp3) is 0.419. The molecule has 4 rings (SSSR count). The minimum absolute atomic E-state index is 0.135. The lowest BCUT2D eigenvalue weighted by Gasteiger charge is -2.32. The zero-order valence-electron chi connectivity index (χ0n) is 24.0. The lowest BCUT2D eigenvalue weighted by molar-refractivity contribution is -0.384. The van der Waals surface area contributed by atoms with E-state index in [0.717, 1.165) is 38.1 Å². The first-order valence-electron chi connectivity index (χ1n) is 13.8. The number of hydrogen-bond donors (Lipinski definition) is 1. The Morgan fingerprint density at radius 1 is 1.00 bits per heavy atom. The third-order valence-corrected chi connectivity index (χ3v) is 7.83. The minimum atomic E-state index is -0.871. The van der Waals surface area contributed by atoms with Gasteiger partial charge in [-0.25, -0.2) is 9.59 Å². The zero-order chi connectivity index (χ0) is 29.5. The van der Waals surface area contributed by atoms with E-state index in [4.69, 9.17) is 14.2 Å². The standard InChI is InChI=1S/C31H37N3O7/c1-20-27(30(35)40-4)29(24-6-5-7-25(19-24)34(37)38)28(21(2)32-20)31(36)41-17-16-33-14-12-23(13-15-33)18-22-8-10-26(39-3)11-9-22/h5-11,19,23,29,32H,12-18H2,1-4H3. The Morgan fingerprint density at radius 2 is 1.66 bits per heavy atom. The van der Waals surface area contributed by atoms with E-state index in [1.54, 1.807) is 27.0 Å². The third-order valence-electron chi connectivity index (χ3n) is 7.83. The summed E-state index contributed by atoms with van der Waals surface area (Å²) in [5.74, 6) is -0.607. The van der Waals surface area contributed by atoms with Gasteiger partial charge in [-0.15, -0.1) is 0 Å². The van der Waals surface area contributed by atoms with Crippen LogP contribution in [0.25, 0.3) is 0 Å². The van der Waals surface area contributed by atoms with Crippen LogP contribution >= 0.6 is 0 Å². The van der Waals surface area contributed by atoms with E-state index < -0.39 is 22.8 Å². The summed E-state index contributed by atoms with van der Waals surface area (Å²) in [6.07, 6.45) is 3.16. The van der Waals surface area contributed by atoms with Crippen LogP contribution in [-0.2, 0) is 25.5 Å². The topological polar surface area (TPSA) is 120 Å².